The summed E-state index contributed by atoms with van der Waals surface area (Å²) in [5, 5.41) is 0. The van der Waals surface area contributed by atoms with Crippen LogP contribution >= 0.6 is 0 Å². The van der Waals surface area contributed by atoms with Gasteiger partial charge in [-0.1, -0.05) is 39.0 Å². The Balaban J connectivity index is 2.38. The zero-order chi connectivity index (χ0) is 16.8. The first kappa shape index (κ1) is 17.5. The van der Waals surface area contributed by atoms with Crippen molar-refractivity contribution >= 4 is 12.6 Å². The highest BCUT2D eigenvalue weighted by Crippen LogP contribution is 2.37. The lowest BCUT2D eigenvalue weighted by atomic mass is 9.73. The van der Waals surface area contributed by atoms with E-state index in [-0.39, 0.29) is 23.7 Å². The molecule has 0 radical (unpaired) electrons. The minimum atomic E-state index is -0.310. The molecule has 122 valence electrons. The van der Waals surface area contributed by atoms with E-state index in [1.54, 1.807) is 0 Å². The predicted octanol–water partition coefficient (Wildman–Crippen LogP) is 2.78. The first-order valence-corrected chi connectivity index (χ1v) is 8.17. The number of benzene rings is 1. The Morgan fingerprint density at radius 3 is 2.05 bits per heavy atom. The van der Waals surface area contributed by atoms with E-state index in [1.165, 1.54) is 11.1 Å². The highest BCUT2D eigenvalue weighted by atomic mass is 16.7. The lowest BCUT2D eigenvalue weighted by molar-refractivity contribution is 0.00578. The summed E-state index contributed by atoms with van der Waals surface area (Å²) in [5.74, 6) is 0. The second-order valence-corrected chi connectivity index (χ2v) is 8.29. The maximum absolute atomic E-state index is 6.17. The highest BCUT2D eigenvalue weighted by Gasteiger charge is 2.51. The van der Waals surface area contributed by atoms with Crippen LogP contribution in [0.15, 0.2) is 18.2 Å². The average molecular weight is 303 g/mol. The van der Waals surface area contributed by atoms with Gasteiger partial charge in [0.25, 0.3) is 0 Å². The van der Waals surface area contributed by atoms with Crippen LogP contribution in [0.1, 0.15) is 59.6 Å². The molecule has 0 aliphatic carbocycles. The van der Waals surface area contributed by atoms with Gasteiger partial charge in [-0.05, 0) is 62.7 Å². The van der Waals surface area contributed by atoms with E-state index in [9.17, 15) is 0 Å². The molecule has 4 heteroatoms. The average Bonchev–Trinajstić information content (AvgIpc) is 2.58. The van der Waals surface area contributed by atoms with Crippen molar-refractivity contribution in [3.05, 3.63) is 29.3 Å². The predicted molar refractivity (Wildman–Crippen MR) is 93.6 cm³/mol. The standard InChI is InChI=1S/C18H30BNO2/c1-16(2,3)15-12-14(9-8-13(15)10-11-20)19-21-17(4,5)18(6,7)22-19/h8-9,12H,10-11,20H2,1-7H3. The van der Waals surface area contributed by atoms with Crippen molar-refractivity contribution in [3.63, 3.8) is 0 Å². The summed E-state index contributed by atoms with van der Waals surface area (Å²) in [6.45, 7) is 15.7. The Labute approximate surface area is 135 Å². The molecule has 1 aromatic carbocycles. The smallest absolute Gasteiger partial charge is 0.399 e. The third kappa shape index (κ3) is 3.24. The van der Waals surface area contributed by atoms with Crippen molar-refractivity contribution in [1.82, 2.24) is 0 Å². The van der Waals surface area contributed by atoms with E-state index in [2.05, 4.69) is 66.7 Å². The maximum atomic E-state index is 6.17. The molecular weight excluding hydrogens is 273 g/mol. The summed E-state index contributed by atoms with van der Waals surface area (Å²) >= 11 is 0. The van der Waals surface area contributed by atoms with Gasteiger partial charge >= 0.3 is 7.12 Å². The molecule has 1 aliphatic heterocycles. The molecule has 0 bridgehead atoms. The fourth-order valence-electron chi connectivity index (χ4n) is 2.79. The minimum absolute atomic E-state index is 0.0736. The molecule has 1 heterocycles. The fourth-order valence-corrected chi connectivity index (χ4v) is 2.79. The lowest BCUT2D eigenvalue weighted by Gasteiger charge is -2.32. The molecule has 2 N–H and O–H groups in total. The van der Waals surface area contributed by atoms with Crippen LogP contribution in [0.4, 0.5) is 0 Å². The first-order chi connectivity index (χ1) is 9.98. The summed E-state index contributed by atoms with van der Waals surface area (Å²) in [6.07, 6.45) is 0.899. The Kier molecular flexibility index (Phi) is 4.51. The molecule has 1 saturated heterocycles. The van der Waals surface area contributed by atoms with Crippen LogP contribution in [0.25, 0.3) is 0 Å². The molecule has 0 saturated carbocycles. The summed E-state index contributed by atoms with van der Waals surface area (Å²) in [7, 11) is -0.307. The minimum Gasteiger partial charge on any atom is -0.399 e. The van der Waals surface area contributed by atoms with Crippen molar-refractivity contribution < 1.29 is 9.31 Å². The van der Waals surface area contributed by atoms with E-state index in [1.807, 2.05) is 0 Å². The molecule has 0 aromatic heterocycles. The van der Waals surface area contributed by atoms with Gasteiger partial charge in [0, 0.05) is 0 Å². The highest BCUT2D eigenvalue weighted by molar-refractivity contribution is 6.62. The van der Waals surface area contributed by atoms with Crippen molar-refractivity contribution in [2.75, 3.05) is 6.54 Å². The van der Waals surface area contributed by atoms with Crippen molar-refractivity contribution in [2.24, 2.45) is 5.73 Å². The van der Waals surface area contributed by atoms with Crippen LogP contribution < -0.4 is 11.2 Å². The molecule has 0 spiro atoms. The lowest BCUT2D eigenvalue weighted by Crippen LogP contribution is -2.41. The maximum Gasteiger partial charge on any atom is 0.494 e. The van der Waals surface area contributed by atoms with E-state index >= 15 is 0 Å². The second kappa shape index (κ2) is 5.66. The molecule has 0 unspecified atom stereocenters. The van der Waals surface area contributed by atoms with E-state index in [0.29, 0.717) is 6.54 Å². The quantitative estimate of drug-likeness (QED) is 0.873. The molecule has 22 heavy (non-hydrogen) atoms. The Morgan fingerprint density at radius 1 is 1.05 bits per heavy atom. The topological polar surface area (TPSA) is 44.5 Å². The van der Waals surface area contributed by atoms with Gasteiger partial charge in [0.2, 0.25) is 0 Å². The summed E-state index contributed by atoms with van der Waals surface area (Å²) in [6, 6.07) is 6.52. The van der Waals surface area contributed by atoms with Crippen molar-refractivity contribution in [3.8, 4) is 0 Å². The number of hydrogen-bond acceptors (Lipinski definition) is 3. The number of rotatable bonds is 3. The monoisotopic (exact) mass is 303 g/mol. The van der Waals surface area contributed by atoms with Gasteiger partial charge < -0.3 is 15.0 Å². The van der Waals surface area contributed by atoms with Gasteiger partial charge in [-0.2, -0.15) is 0 Å². The first-order valence-electron chi connectivity index (χ1n) is 8.17. The summed E-state index contributed by atoms with van der Waals surface area (Å²) < 4.78 is 12.3. The molecule has 2 rings (SSSR count). The molecule has 0 atom stereocenters. The Morgan fingerprint density at radius 2 is 1.59 bits per heavy atom. The second-order valence-electron chi connectivity index (χ2n) is 8.29. The van der Waals surface area contributed by atoms with Crippen LogP contribution in [0, 0.1) is 0 Å². The number of hydrogen-bond donors (Lipinski definition) is 1. The van der Waals surface area contributed by atoms with Crippen molar-refractivity contribution in [1.29, 1.82) is 0 Å². The van der Waals surface area contributed by atoms with Crippen LogP contribution in [0.3, 0.4) is 0 Å². The third-order valence-electron chi connectivity index (χ3n) is 4.88. The third-order valence-corrected chi connectivity index (χ3v) is 4.88. The van der Waals surface area contributed by atoms with Gasteiger partial charge in [0.1, 0.15) is 0 Å². The normalized spacial score (nSPS) is 20.5. The molecular formula is C18H30BNO2. The van der Waals surface area contributed by atoms with Crippen molar-refractivity contribution in [2.45, 2.75) is 71.5 Å². The number of nitrogens with two attached hydrogens (primary N) is 1. The van der Waals surface area contributed by atoms with Crippen LogP contribution in [0.5, 0.6) is 0 Å². The van der Waals surface area contributed by atoms with Gasteiger partial charge in [-0.3, -0.25) is 0 Å². The molecule has 3 nitrogen and oxygen atoms in total. The van der Waals surface area contributed by atoms with E-state index in [4.69, 9.17) is 15.0 Å². The summed E-state index contributed by atoms with van der Waals surface area (Å²) in [5.41, 5.74) is 8.93. The summed E-state index contributed by atoms with van der Waals surface area (Å²) in [4.78, 5) is 0. The van der Waals surface area contributed by atoms with Gasteiger partial charge in [0.15, 0.2) is 0 Å². The van der Waals surface area contributed by atoms with E-state index in [0.717, 1.165) is 11.9 Å². The molecule has 0 amide bonds. The molecule has 1 fully saturated rings. The molecule has 1 aliphatic rings. The Bertz CT molecular complexity index is 531. The van der Waals surface area contributed by atoms with Gasteiger partial charge in [0.05, 0.1) is 11.2 Å². The SMILES string of the molecule is CC(C)(C)c1cc(B2OC(C)(C)C(C)(C)O2)ccc1CCN. The van der Waals surface area contributed by atoms with Gasteiger partial charge in [-0.25, -0.2) is 0 Å². The van der Waals surface area contributed by atoms with Gasteiger partial charge in [-0.15, -0.1) is 0 Å². The Hall–Kier alpha value is -0.835. The van der Waals surface area contributed by atoms with E-state index < -0.39 is 0 Å². The zero-order valence-corrected chi connectivity index (χ0v) is 15.1. The van der Waals surface area contributed by atoms with Crippen LogP contribution in [0.2, 0.25) is 0 Å². The van der Waals surface area contributed by atoms with Crippen LogP contribution in [-0.2, 0) is 21.1 Å². The largest absolute Gasteiger partial charge is 0.494 e. The molecule has 1 aromatic rings. The zero-order valence-electron chi connectivity index (χ0n) is 15.1. The van der Waals surface area contributed by atoms with Crippen LogP contribution in [-0.4, -0.2) is 24.9 Å². The fraction of sp³-hybridized carbons (Fsp3) is 0.667.